The van der Waals surface area contributed by atoms with Crippen molar-refractivity contribution in [1.82, 2.24) is 14.2 Å². The van der Waals surface area contributed by atoms with Crippen molar-refractivity contribution in [2.45, 2.75) is 117 Å². The Bertz CT molecular complexity index is 1140. The van der Waals surface area contributed by atoms with Gasteiger partial charge in [-0.15, -0.1) is 0 Å². The van der Waals surface area contributed by atoms with E-state index in [1.807, 2.05) is 27.7 Å². The molecule has 11 nitrogen and oxygen atoms in total. The van der Waals surface area contributed by atoms with E-state index in [1.54, 1.807) is 6.92 Å². The lowest BCUT2D eigenvalue weighted by Gasteiger charge is -2.42. The van der Waals surface area contributed by atoms with E-state index in [-0.39, 0.29) is 36.8 Å². The summed E-state index contributed by atoms with van der Waals surface area (Å²) in [5, 5.41) is 8.94. The summed E-state index contributed by atoms with van der Waals surface area (Å²) in [4.78, 5) is 27.5. The summed E-state index contributed by atoms with van der Waals surface area (Å²) < 4.78 is 50.2. The first-order valence-corrected chi connectivity index (χ1v) is 17.3. The van der Waals surface area contributed by atoms with Gasteiger partial charge < -0.3 is 22.9 Å². The average Bonchev–Trinajstić information content (AvgIpc) is 3.11. The molecule has 0 aromatic carbocycles. The third kappa shape index (κ3) is 8.30. The van der Waals surface area contributed by atoms with Gasteiger partial charge in [-0.2, -0.15) is 5.26 Å². The number of aryl methyl sites for hydroxylation is 1. The minimum atomic E-state index is -2.51. The molecule has 39 heavy (non-hydrogen) atoms. The first-order chi connectivity index (χ1) is 18.9. The van der Waals surface area contributed by atoms with Crippen molar-refractivity contribution in [3.63, 3.8) is 0 Å². The number of rotatable bonds is 13. The molecule has 0 saturated carbocycles. The molecule has 2 rings (SSSR count). The highest BCUT2D eigenvalue weighted by Crippen LogP contribution is 2.51. The number of nitriles is 1. The van der Waals surface area contributed by atoms with E-state index in [0.29, 0.717) is 5.69 Å². The molecule has 1 fully saturated rings. The minimum absolute atomic E-state index is 0.0331. The Morgan fingerprint density at radius 2 is 1.95 bits per heavy atom. The maximum atomic E-state index is 13.1. The van der Waals surface area contributed by atoms with Crippen molar-refractivity contribution in [3.8, 4) is 6.07 Å². The van der Waals surface area contributed by atoms with E-state index in [9.17, 15) is 9.59 Å². The smallest absolute Gasteiger partial charge is 0.330 e. The SMILES string of the molecule is [2H]C([3H])OC[C@H]1O[C@@H](n2c(C)cc(=O)[nH]c2=O)[C@@H](O[Si](C)(C)C(C)(C)C)C1OP(OCCC#N)N(C(C)C)C(C)C. The van der Waals surface area contributed by atoms with Gasteiger partial charge in [0.2, 0.25) is 0 Å². The molecule has 0 bridgehead atoms. The normalized spacial score (nSPS) is 24.6. The first kappa shape index (κ1) is 30.5. The second-order valence-electron chi connectivity index (χ2n) is 11.8. The van der Waals surface area contributed by atoms with Crippen LogP contribution in [0.3, 0.4) is 0 Å². The van der Waals surface area contributed by atoms with Crippen molar-refractivity contribution >= 4 is 16.8 Å². The molecule has 1 aliphatic heterocycles. The zero-order valence-corrected chi connectivity index (χ0v) is 26.8. The number of hydrogen-bond donors (Lipinski definition) is 1. The molecule has 0 amide bonds. The number of aromatic nitrogens is 2. The molecule has 1 saturated heterocycles. The Hall–Kier alpha value is -1.42. The Labute approximate surface area is 237 Å². The summed E-state index contributed by atoms with van der Waals surface area (Å²) in [5.74, 6) is 0. The molecule has 0 spiro atoms. The standard InChI is InChI=1S/C26H47N4O7PSi/c1-17(2)30(18(3)4)38(34-14-12-13-27)36-22-20(16-33-9)35-24(23(22)37-39(10,11)26(6,7)8)29-19(5)15-21(31)28-25(29)32/h15,17-18,20,22-24H,12,14,16H2,1-11H3,(H,28,31,32)/t20-,22?,23+,24-,38?/m1/s1/i9TD/t9?,20-,22?,23+,24-,38?. The van der Waals surface area contributed by atoms with Gasteiger partial charge in [0.05, 0.1) is 28.4 Å². The topological polar surface area (TPSA) is 128 Å². The van der Waals surface area contributed by atoms with Crippen LogP contribution in [0.5, 0.6) is 0 Å². The van der Waals surface area contributed by atoms with E-state index < -0.39 is 59.7 Å². The van der Waals surface area contributed by atoms with Crippen LogP contribution in [-0.4, -0.2) is 73.2 Å². The molecule has 1 aromatic rings. The van der Waals surface area contributed by atoms with Crippen molar-refractivity contribution in [2.24, 2.45) is 0 Å². The molecule has 1 aliphatic rings. The van der Waals surface area contributed by atoms with Gasteiger partial charge in [0.1, 0.15) is 18.3 Å². The molecular weight excluding hydrogens is 539 g/mol. The monoisotopic (exact) mass is 589 g/mol. The van der Waals surface area contributed by atoms with Gasteiger partial charge in [-0.1, -0.05) is 20.8 Å². The molecule has 0 radical (unpaired) electrons. The van der Waals surface area contributed by atoms with Crippen molar-refractivity contribution in [1.29, 1.82) is 5.26 Å². The van der Waals surface area contributed by atoms with Crippen LogP contribution >= 0.6 is 8.53 Å². The van der Waals surface area contributed by atoms with Crippen LogP contribution in [0.15, 0.2) is 15.7 Å². The van der Waals surface area contributed by atoms with Gasteiger partial charge in [0, 0.05) is 30.9 Å². The number of aromatic amines is 1. The fourth-order valence-corrected chi connectivity index (χ4v) is 7.30. The van der Waals surface area contributed by atoms with E-state index in [1.165, 1.54) is 10.6 Å². The summed E-state index contributed by atoms with van der Waals surface area (Å²) in [5.41, 5.74) is -0.798. The number of nitrogens with zero attached hydrogens (tertiary/aromatic N) is 3. The van der Waals surface area contributed by atoms with Gasteiger partial charge in [0.25, 0.3) is 14.1 Å². The van der Waals surface area contributed by atoms with Crippen LogP contribution < -0.4 is 11.2 Å². The van der Waals surface area contributed by atoms with Crippen molar-refractivity contribution in [3.05, 3.63) is 32.6 Å². The van der Waals surface area contributed by atoms with E-state index in [2.05, 4.69) is 49.6 Å². The maximum absolute atomic E-state index is 13.1. The predicted octanol–water partition coefficient (Wildman–Crippen LogP) is 4.44. The van der Waals surface area contributed by atoms with Gasteiger partial charge in [-0.05, 0) is 52.8 Å². The Morgan fingerprint density at radius 1 is 1.31 bits per heavy atom. The summed E-state index contributed by atoms with van der Waals surface area (Å²) in [6.45, 7) is 20.2. The van der Waals surface area contributed by atoms with Crippen LogP contribution in [0, 0.1) is 18.3 Å². The van der Waals surface area contributed by atoms with Gasteiger partial charge in [-0.3, -0.25) is 14.3 Å². The second-order valence-corrected chi connectivity index (χ2v) is 18.0. The fourth-order valence-electron chi connectivity index (χ4n) is 4.25. The number of methoxy groups -OCH3 is 1. The van der Waals surface area contributed by atoms with Gasteiger partial charge in [-0.25, -0.2) is 9.46 Å². The van der Waals surface area contributed by atoms with E-state index in [4.69, 9.17) is 31.0 Å². The summed E-state index contributed by atoms with van der Waals surface area (Å²) in [6.07, 6.45) is -3.31. The molecule has 1 aromatic heterocycles. The Morgan fingerprint density at radius 3 is 2.46 bits per heavy atom. The molecule has 0 aliphatic carbocycles. The number of ether oxygens (including phenoxy) is 2. The van der Waals surface area contributed by atoms with E-state index in [0.717, 1.165) is 0 Å². The molecule has 13 heteroatoms. The lowest BCUT2D eigenvalue weighted by atomic mass is 10.1. The molecule has 1 N–H and O–H groups in total. The zero-order chi connectivity index (χ0) is 31.3. The van der Waals surface area contributed by atoms with Crippen LogP contribution in [0.4, 0.5) is 0 Å². The second kappa shape index (κ2) is 14.0. The maximum Gasteiger partial charge on any atom is 0.330 e. The molecule has 222 valence electrons. The van der Waals surface area contributed by atoms with Crippen LogP contribution in [0.2, 0.25) is 18.1 Å². The number of hydrogen-bond acceptors (Lipinski definition) is 9. The Kier molecular flexibility index (Phi) is 10.9. The lowest BCUT2D eigenvalue weighted by Crippen LogP contribution is -2.50. The average molecular weight is 590 g/mol. The highest BCUT2D eigenvalue weighted by Gasteiger charge is 2.53. The quantitative estimate of drug-likeness (QED) is 0.202. The molecule has 6 atom stereocenters. The van der Waals surface area contributed by atoms with Crippen LogP contribution in [-0.2, 0) is 22.9 Å². The molecule has 2 heterocycles. The Balaban J connectivity index is 2.71. The largest absolute Gasteiger partial charge is 0.407 e. The van der Waals surface area contributed by atoms with Crippen molar-refractivity contribution < 1.29 is 25.7 Å². The van der Waals surface area contributed by atoms with Crippen LogP contribution in [0.25, 0.3) is 0 Å². The summed E-state index contributed by atoms with van der Waals surface area (Å²) in [6, 6.07) is 3.48. The predicted molar refractivity (Wildman–Crippen MR) is 154 cm³/mol. The number of nitrogens with one attached hydrogen (secondary N) is 1. The minimum Gasteiger partial charge on any atom is -0.407 e. The highest BCUT2D eigenvalue weighted by molar-refractivity contribution is 7.44. The molecule has 3 unspecified atom stereocenters. The van der Waals surface area contributed by atoms with Gasteiger partial charge in [0.15, 0.2) is 14.5 Å². The fraction of sp³-hybridized carbons (Fsp3) is 0.808. The van der Waals surface area contributed by atoms with E-state index >= 15 is 0 Å². The highest BCUT2D eigenvalue weighted by atomic mass is 31.2. The lowest BCUT2D eigenvalue weighted by molar-refractivity contribution is -0.0603. The van der Waals surface area contributed by atoms with Crippen LogP contribution in [0.1, 0.15) is 69.6 Å². The zero-order valence-electron chi connectivity index (χ0n) is 26.9. The third-order valence-electron chi connectivity index (χ3n) is 7.08. The first-order valence-electron chi connectivity index (χ1n) is 14.4. The van der Waals surface area contributed by atoms with Gasteiger partial charge >= 0.3 is 5.69 Å². The van der Waals surface area contributed by atoms with Crippen molar-refractivity contribution in [2.75, 3.05) is 20.3 Å². The third-order valence-corrected chi connectivity index (χ3v) is 13.7. The summed E-state index contributed by atoms with van der Waals surface area (Å²) >= 11 is 0. The molecular formula is C26H47N4O7PSi. The summed E-state index contributed by atoms with van der Waals surface area (Å²) in [7, 11) is -5.81. The number of H-pyrrole nitrogens is 1.